The zero-order valence-electron chi connectivity index (χ0n) is 10.1. The first kappa shape index (κ1) is 11.9. The maximum absolute atomic E-state index is 9.06. The van der Waals surface area contributed by atoms with Gasteiger partial charge in [-0.2, -0.15) is 5.26 Å². The van der Waals surface area contributed by atoms with Crippen molar-refractivity contribution in [3.63, 3.8) is 0 Å². The lowest BCUT2D eigenvalue weighted by molar-refractivity contribution is 0.354. The van der Waals surface area contributed by atoms with E-state index >= 15 is 0 Å². The first-order valence-electron chi connectivity index (χ1n) is 6.07. The summed E-state index contributed by atoms with van der Waals surface area (Å²) < 4.78 is 0. The van der Waals surface area contributed by atoms with E-state index in [1.54, 1.807) is 18.5 Å². The lowest BCUT2D eigenvalue weighted by Gasteiger charge is -2.35. The number of hydrogen-bond acceptors (Lipinski definition) is 4. The molecule has 2 N–H and O–H groups in total. The minimum Gasteiger partial charge on any atom is -0.369 e. The van der Waals surface area contributed by atoms with Gasteiger partial charge in [-0.3, -0.25) is 4.98 Å². The van der Waals surface area contributed by atoms with E-state index in [0.717, 1.165) is 31.6 Å². The molecule has 90 valence electrons. The van der Waals surface area contributed by atoms with E-state index in [9.17, 15) is 0 Å². The highest BCUT2D eigenvalue weighted by molar-refractivity contribution is 5.57. The highest BCUT2D eigenvalue weighted by Crippen LogP contribution is 2.26. The Morgan fingerprint density at radius 3 is 2.82 bits per heavy atom. The summed E-state index contributed by atoms with van der Waals surface area (Å²) in [5.41, 5.74) is 7.59. The minimum atomic E-state index is 0.265. The van der Waals surface area contributed by atoms with Gasteiger partial charge < -0.3 is 10.6 Å². The van der Waals surface area contributed by atoms with Crippen LogP contribution in [0.3, 0.4) is 0 Å². The topological polar surface area (TPSA) is 65.9 Å². The van der Waals surface area contributed by atoms with Gasteiger partial charge >= 0.3 is 0 Å². The molecule has 17 heavy (non-hydrogen) atoms. The van der Waals surface area contributed by atoms with Gasteiger partial charge in [-0.25, -0.2) is 0 Å². The van der Waals surface area contributed by atoms with Crippen LogP contribution in [0.5, 0.6) is 0 Å². The average Bonchev–Trinajstić information content (AvgIpc) is 2.39. The standard InChI is InChI=1S/C13H18N4/c1-10(15)11-3-6-17(7-4-11)13-9-16-5-2-12(13)8-14/h2,5,9-11H,3-4,6-7,15H2,1H3. The van der Waals surface area contributed by atoms with Crippen molar-refractivity contribution in [2.75, 3.05) is 18.0 Å². The van der Waals surface area contributed by atoms with E-state index in [0.29, 0.717) is 11.5 Å². The summed E-state index contributed by atoms with van der Waals surface area (Å²) in [6.07, 6.45) is 5.64. The first-order valence-corrected chi connectivity index (χ1v) is 6.07. The second kappa shape index (κ2) is 5.15. The molecule has 0 aliphatic carbocycles. The van der Waals surface area contributed by atoms with Crippen LogP contribution in [-0.2, 0) is 0 Å². The summed E-state index contributed by atoms with van der Waals surface area (Å²) in [5, 5.41) is 9.06. The molecule has 0 bridgehead atoms. The molecule has 4 heteroatoms. The molecule has 1 aromatic rings. The zero-order chi connectivity index (χ0) is 12.3. The number of nitrogens with zero attached hydrogens (tertiary/aromatic N) is 3. The number of rotatable bonds is 2. The molecule has 1 atom stereocenters. The molecule has 0 radical (unpaired) electrons. The van der Waals surface area contributed by atoms with Crippen molar-refractivity contribution in [3.05, 3.63) is 24.0 Å². The van der Waals surface area contributed by atoms with Gasteiger partial charge in [0.1, 0.15) is 6.07 Å². The number of nitriles is 1. The lowest BCUT2D eigenvalue weighted by atomic mass is 9.90. The number of pyridine rings is 1. The Morgan fingerprint density at radius 2 is 2.24 bits per heavy atom. The molecular formula is C13H18N4. The van der Waals surface area contributed by atoms with Crippen LogP contribution in [-0.4, -0.2) is 24.1 Å². The number of nitrogens with two attached hydrogens (primary N) is 1. The Balaban J connectivity index is 2.08. The summed E-state index contributed by atoms with van der Waals surface area (Å²) in [6, 6.07) is 4.26. The molecule has 0 amide bonds. The van der Waals surface area contributed by atoms with Crippen molar-refractivity contribution in [3.8, 4) is 6.07 Å². The van der Waals surface area contributed by atoms with Gasteiger partial charge in [0.25, 0.3) is 0 Å². The van der Waals surface area contributed by atoms with Crippen LogP contribution >= 0.6 is 0 Å². The van der Waals surface area contributed by atoms with Crippen molar-refractivity contribution in [1.82, 2.24) is 4.98 Å². The average molecular weight is 230 g/mol. The molecule has 1 saturated heterocycles. The van der Waals surface area contributed by atoms with E-state index < -0.39 is 0 Å². The number of hydrogen-bond donors (Lipinski definition) is 1. The predicted octanol–water partition coefficient (Wildman–Crippen LogP) is 1.52. The van der Waals surface area contributed by atoms with Gasteiger partial charge in [-0.1, -0.05) is 0 Å². The summed E-state index contributed by atoms with van der Waals surface area (Å²) >= 11 is 0. The van der Waals surface area contributed by atoms with Crippen molar-refractivity contribution in [2.24, 2.45) is 11.7 Å². The summed E-state index contributed by atoms with van der Waals surface area (Å²) in [4.78, 5) is 6.35. The Bertz CT molecular complexity index is 414. The Kier molecular flexibility index (Phi) is 3.60. The van der Waals surface area contributed by atoms with Crippen molar-refractivity contribution >= 4 is 5.69 Å². The normalized spacial score (nSPS) is 18.8. The second-order valence-electron chi connectivity index (χ2n) is 4.69. The van der Waals surface area contributed by atoms with Gasteiger partial charge in [0.2, 0.25) is 0 Å². The second-order valence-corrected chi connectivity index (χ2v) is 4.69. The molecule has 0 saturated carbocycles. The fourth-order valence-electron chi connectivity index (χ4n) is 2.40. The third kappa shape index (κ3) is 2.56. The quantitative estimate of drug-likeness (QED) is 0.836. The van der Waals surface area contributed by atoms with Gasteiger partial charge in [0.05, 0.1) is 17.4 Å². The first-order chi connectivity index (χ1) is 8.22. The van der Waals surface area contributed by atoms with Crippen LogP contribution in [0, 0.1) is 17.2 Å². The molecule has 1 unspecified atom stereocenters. The largest absolute Gasteiger partial charge is 0.369 e. The van der Waals surface area contributed by atoms with Gasteiger partial charge in [0, 0.05) is 25.3 Å². The zero-order valence-corrected chi connectivity index (χ0v) is 10.1. The summed E-state index contributed by atoms with van der Waals surface area (Å²) in [6.45, 7) is 4.00. The molecule has 1 fully saturated rings. The smallest absolute Gasteiger partial charge is 0.101 e. The van der Waals surface area contributed by atoms with Gasteiger partial charge in [-0.05, 0) is 31.7 Å². The fraction of sp³-hybridized carbons (Fsp3) is 0.538. The molecular weight excluding hydrogens is 212 g/mol. The van der Waals surface area contributed by atoms with Crippen molar-refractivity contribution in [2.45, 2.75) is 25.8 Å². The lowest BCUT2D eigenvalue weighted by Crippen LogP contribution is -2.40. The van der Waals surface area contributed by atoms with Crippen LogP contribution in [0.15, 0.2) is 18.5 Å². The number of aromatic nitrogens is 1. The fourth-order valence-corrected chi connectivity index (χ4v) is 2.40. The number of anilines is 1. The van der Waals surface area contributed by atoms with E-state index in [-0.39, 0.29) is 6.04 Å². The molecule has 1 aliphatic heterocycles. The number of piperidine rings is 1. The van der Waals surface area contributed by atoms with Crippen LogP contribution in [0.2, 0.25) is 0 Å². The van der Waals surface area contributed by atoms with E-state index in [4.69, 9.17) is 11.0 Å². The molecule has 1 aliphatic rings. The SMILES string of the molecule is CC(N)C1CCN(c2cnccc2C#N)CC1. The minimum absolute atomic E-state index is 0.265. The van der Waals surface area contributed by atoms with Crippen LogP contribution < -0.4 is 10.6 Å². The van der Waals surface area contributed by atoms with Crippen molar-refractivity contribution in [1.29, 1.82) is 5.26 Å². The van der Waals surface area contributed by atoms with Crippen LogP contribution in [0.4, 0.5) is 5.69 Å². The molecule has 0 aromatic carbocycles. The highest BCUT2D eigenvalue weighted by Gasteiger charge is 2.23. The van der Waals surface area contributed by atoms with Crippen molar-refractivity contribution < 1.29 is 0 Å². The summed E-state index contributed by atoms with van der Waals surface area (Å²) in [5.74, 6) is 0.605. The Labute approximate surface area is 102 Å². The maximum atomic E-state index is 9.06. The van der Waals surface area contributed by atoms with E-state index in [1.165, 1.54) is 0 Å². The maximum Gasteiger partial charge on any atom is 0.101 e. The van der Waals surface area contributed by atoms with Gasteiger partial charge in [0.15, 0.2) is 0 Å². The molecule has 1 aromatic heterocycles. The van der Waals surface area contributed by atoms with E-state index in [1.807, 2.05) is 0 Å². The molecule has 0 spiro atoms. The Hall–Kier alpha value is -1.60. The molecule has 2 heterocycles. The van der Waals surface area contributed by atoms with Gasteiger partial charge in [-0.15, -0.1) is 0 Å². The highest BCUT2D eigenvalue weighted by atomic mass is 15.1. The molecule has 2 rings (SSSR count). The molecule has 4 nitrogen and oxygen atoms in total. The predicted molar refractivity (Wildman–Crippen MR) is 67.5 cm³/mol. The Morgan fingerprint density at radius 1 is 1.53 bits per heavy atom. The van der Waals surface area contributed by atoms with Crippen LogP contribution in [0.25, 0.3) is 0 Å². The third-order valence-electron chi connectivity index (χ3n) is 3.54. The summed E-state index contributed by atoms with van der Waals surface area (Å²) in [7, 11) is 0. The monoisotopic (exact) mass is 230 g/mol. The third-order valence-corrected chi connectivity index (χ3v) is 3.54. The van der Waals surface area contributed by atoms with Crippen LogP contribution in [0.1, 0.15) is 25.3 Å². The van der Waals surface area contributed by atoms with E-state index in [2.05, 4.69) is 22.9 Å².